The maximum Gasteiger partial charge on any atom is 0.191 e. The molecule has 0 spiro atoms. The normalized spacial score (nSPS) is 18.9. The van der Waals surface area contributed by atoms with Gasteiger partial charge in [-0.1, -0.05) is 13.3 Å². The lowest BCUT2D eigenvalue weighted by molar-refractivity contribution is 0.299. The summed E-state index contributed by atoms with van der Waals surface area (Å²) in [6.07, 6.45) is 2.24. The molecule has 0 atom stereocenters. The quantitative estimate of drug-likeness (QED) is 0.268. The van der Waals surface area contributed by atoms with Gasteiger partial charge in [-0.05, 0) is 13.3 Å². The zero-order valence-corrected chi connectivity index (χ0v) is 16.2. The second-order valence-corrected chi connectivity index (χ2v) is 7.34. The van der Waals surface area contributed by atoms with Crippen LogP contribution in [-0.2, 0) is 9.84 Å². The van der Waals surface area contributed by atoms with Crippen LogP contribution in [0.15, 0.2) is 4.99 Å². The van der Waals surface area contributed by atoms with Gasteiger partial charge in [0.1, 0.15) is 0 Å². The molecule has 1 saturated heterocycles. The average Bonchev–Trinajstić information content (AvgIpc) is 2.41. The van der Waals surface area contributed by atoms with Gasteiger partial charge in [-0.2, -0.15) is 0 Å². The Bertz CT molecular complexity index is 387. The van der Waals surface area contributed by atoms with Gasteiger partial charge in [-0.3, -0.25) is 9.89 Å². The lowest BCUT2D eigenvalue weighted by atomic mass is 10.3. The van der Waals surface area contributed by atoms with Crippen molar-refractivity contribution in [1.82, 2.24) is 15.5 Å². The third-order valence-electron chi connectivity index (χ3n) is 3.28. The van der Waals surface area contributed by atoms with E-state index in [9.17, 15) is 8.42 Å². The van der Waals surface area contributed by atoms with Crippen molar-refractivity contribution in [3.63, 3.8) is 0 Å². The van der Waals surface area contributed by atoms with Crippen LogP contribution in [0.2, 0.25) is 0 Å². The molecule has 1 rings (SSSR count). The highest BCUT2D eigenvalue weighted by molar-refractivity contribution is 14.0. The number of hydrogen-bond acceptors (Lipinski definition) is 4. The second-order valence-electron chi connectivity index (χ2n) is 5.03. The summed E-state index contributed by atoms with van der Waals surface area (Å²) in [6.45, 7) is 8.83. The van der Waals surface area contributed by atoms with Gasteiger partial charge in [0.15, 0.2) is 15.8 Å². The van der Waals surface area contributed by atoms with Crippen molar-refractivity contribution in [1.29, 1.82) is 0 Å². The molecule has 1 heterocycles. The van der Waals surface area contributed by atoms with Gasteiger partial charge < -0.3 is 10.6 Å². The Balaban J connectivity index is 0.00000400. The van der Waals surface area contributed by atoms with Crippen LogP contribution in [0.4, 0.5) is 0 Å². The van der Waals surface area contributed by atoms with Crippen LogP contribution in [0, 0.1) is 0 Å². The Labute approximate surface area is 146 Å². The number of nitrogens with zero attached hydrogens (tertiary/aromatic N) is 2. The molecule has 0 aromatic rings. The number of guanidine groups is 1. The summed E-state index contributed by atoms with van der Waals surface area (Å²) in [5.74, 6) is 1.43. The lowest BCUT2D eigenvalue weighted by Gasteiger charge is -2.26. The standard InChI is InChI=1S/C13H28N4O2S.HI/c1-3-5-6-15-13(14-4-2)16-7-8-17-9-11-20(18,19)12-10-17;/h3-12H2,1-2H3,(H2,14,15,16);1H. The van der Waals surface area contributed by atoms with Crippen molar-refractivity contribution in [3.05, 3.63) is 0 Å². The summed E-state index contributed by atoms with van der Waals surface area (Å²) < 4.78 is 22.7. The minimum atomic E-state index is -2.78. The van der Waals surface area contributed by atoms with Crippen LogP contribution in [-0.4, -0.2) is 70.1 Å². The molecule has 8 heteroatoms. The monoisotopic (exact) mass is 432 g/mol. The molecular weight excluding hydrogens is 403 g/mol. The van der Waals surface area contributed by atoms with Crippen LogP contribution >= 0.6 is 24.0 Å². The first kappa shape index (κ1) is 20.9. The molecule has 1 aliphatic heterocycles. The van der Waals surface area contributed by atoms with Gasteiger partial charge >= 0.3 is 0 Å². The van der Waals surface area contributed by atoms with Crippen LogP contribution in [0.1, 0.15) is 26.7 Å². The summed E-state index contributed by atoms with van der Waals surface area (Å²) in [4.78, 5) is 6.67. The zero-order valence-electron chi connectivity index (χ0n) is 13.1. The van der Waals surface area contributed by atoms with E-state index in [0.29, 0.717) is 13.1 Å². The van der Waals surface area contributed by atoms with E-state index in [0.717, 1.165) is 45.0 Å². The molecule has 1 aliphatic rings. The Kier molecular flexibility index (Phi) is 11.4. The molecule has 0 saturated carbocycles. The Morgan fingerprint density at radius 2 is 1.86 bits per heavy atom. The SMILES string of the molecule is CCCCN=C(NCC)NCCN1CCS(=O)(=O)CC1.I. The van der Waals surface area contributed by atoms with Crippen LogP contribution < -0.4 is 10.6 Å². The second kappa shape index (κ2) is 11.5. The van der Waals surface area contributed by atoms with E-state index in [4.69, 9.17) is 0 Å². The fraction of sp³-hybridized carbons (Fsp3) is 0.923. The molecule has 0 amide bonds. The van der Waals surface area contributed by atoms with E-state index in [-0.39, 0.29) is 35.5 Å². The average molecular weight is 432 g/mol. The summed E-state index contributed by atoms with van der Waals surface area (Å²) in [7, 11) is -2.78. The zero-order chi connectivity index (χ0) is 14.8. The van der Waals surface area contributed by atoms with E-state index in [2.05, 4.69) is 27.4 Å². The van der Waals surface area contributed by atoms with Crippen molar-refractivity contribution in [2.24, 2.45) is 4.99 Å². The third kappa shape index (κ3) is 9.51. The first-order valence-corrected chi connectivity index (χ1v) is 9.34. The van der Waals surface area contributed by atoms with E-state index < -0.39 is 9.84 Å². The largest absolute Gasteiger partial charge is 0.357 e. The van der Waals surface area contributed by atoms with Gasteiger partial charge in [-0.15, -0.1) is 24.0 Å². The van der Waals surface area contributed by atoms with E-state index in [1.807, 2.05) is 6.92 Å². The first-order valence-electron chi connectivity index (χ1n) is 7.52. The molecule has 0 aromatic heterocycles. The molecule has 1 fully saturated rings. The third-order valence-corrected chi connectivity index (χ3v) is 4.89. The highest BCUT2D eigenvalue weighted by Crippen LogP contribution is 2.02. The van der Waals surface area contributed by atoms with Gasteiger partial charge in [0.05, 0.1) is 11.5 Å². The maximum atomic E-state index is 11.3. The smallest absolute Gasteiger partial charge is 0.191 e. The Morgan fingerprint density at radius 3 is 2.43 bits per heavy atom. The first-order chi connectivity index (χ1) is 9.57. The molecule has 0 unspecified atom stereocenters. The molecule has 126 valence electrons. The number of nitrogens with one attached hydrogen (secondary N) is 2. The number of aliphatic imine (C=N–C) groups is 1. The fourth-order valence-corrected chi connectivity index (χ4v) is 3.27. The molecule has 0 bridgehead atoms. The number of sulfone groups is 1. The number of unbranched alkanes of at least 4 members (excludes halogenated alkanes) is 1. The van der Waals surface area contributed by atoms with Crippen molar-refractivity contribution in [2.75, 3.05) is 50.8 Å². The van der Waals surface area contributed by atoms with Crippen molar-refractivity contribution in [3.8, 4) is 0 Å². The predicted octanol–water partition coefficient (Wildman–Crippen LogP) is 0.690. The molecule has 0 aromatic carbocycles. The minimum Gasteiger partial charge on any atom is -0.357 e. The minimum absolute atomic E-state index is 0. The topological polar surface area (TPSA) is 73.8 Å². The lowest BCUT2D eigenvalue weighted by Crippen LogP contribution is -2.46. The summed E-state index contributed by atoms with van der Waals surface area (Å²) >= 11 is 0. The molecule has 6 nitrogen and oxygen atoms in total. The van der Waals surface area contributed by atoms with E-state index >= 15 is 0 Å². The van der Waals surface area contributed by atoms with E-state index in [1.54, 1.807) is 0 Å². The van der Waals surface area contributed by atoms with Gasteiger partial charge in [0.2, 0.25) is 0 Å². The molecule has 2 N–H and O–H groups in total. The van der Waals surface area contributed by atoms with Crippen molar-refractivity contribution < 1.29 is 8.42 Å². The number of hydrogen-bond donors (Lipinski definition) is 2. The summed E-state index contributed by atoms with van der Waals surface area (Å²) in [6, 6.07) is 0. The fourth-order valence-electron chi connectivity index (χ4n) is 2.00. The maximum absolute atomic E-state index is 11.3. The predicted molar refractivity (Wildman–Crippen MR) is 99.4 cm³/mol. The Morgan fingerprint density at radius 1 is 1.19 bits per heavy atom. The van der Waals surface area contributed by atoms with Crippen LogP contribution in [0.25, 0.3) is 0 Å². The highest BCUT2D eigenvalue weighted by Gasteiger charge is 2.20. The van der Waals surface area contributed by atoms with Crippen molar-refractivity contribution >= 4 is 39.8 Å². The number of halogens is 1. The molecule has 0 aliphatic carbocycles. The van der Waals surface area contributed by atoms with Gasteiger partial charge in [-0.25, -0.2) is 8.42 Å². The van der Waals surface area contributed by atoms with Crippen LogP contribution in [0.3, 0.4) is 0 Å². The van der Waals surface area contributed by atoms with Crippen molar-refractivity contribution in [2.45, 2.75) is 26.7 Å². The van der Waals surface area contributed by atoms with Gasteiger partial charge in [0, 0.05) is 39.3 Å². The summed E-state index contributed by atoms with van der Waals surface area (Å²) in [5.41, 5.74) is 0. The van der Waals surface area contributed by atoms with Gasteiger partial charge in [0.25, 0.3) is 0 Å². The molecular formula is C13H29IN4O2S. The molecule has 0 radical (unpaired) electrons. The van der Waals surface area contributed by atoms with Crippen LogP contribution in [0.5, 0.6) is 0 Å². The van der Waals surface area contributed by atoms with E-state index in [1.165, 1.54) is 0 Å². The number of rotatable bonds is 7. The summed E-state index contributed by atoms with van der Waals surface area (Å²) in [5, 5.41) is 6.51. The Hall–Kier alpha value is -0.0900. The highest BCUT2D eigenvalue weighted by atomic mass is 127. The molecule has 21 heavy (non-hydrogen) atoms.